The summed E-state index contributed by atoms with van der Waals surface area (Å²) in [5.74, 6) is 0.417. The Balaban J connectivity index is 1.43. The number of ether oxygens (including phenoxy) is 1. The zero-order chi connectivity index (χ0) is 19.3. The first-order chi connectivity index (χ1) is 13.6. The third-order valence-electron chi connectivity index (χ3n) is 5.26. The maximum atomic E-state index is 13.0. The second kappa shape index (κ2) is 6.24. The van der Waals surface area contributed by atoms with Crippen LogP contribution in [0.3, 0.4) is 0 Å². The number of amides is 1. The van der Waals surface area contributed by atoms with Gasteiger partial charge in [0.2, 0.25) is 5.91 Å². The lowest BCUT2D eigenvalue weighted by molar-refractivity contribution is -0.120. The van der Waals surface area contributed by atoms with Crippen molar-refractivity contribution in [2.45, 2.75) is 17.4 Å². The Hall–Kier alpha value is -3.06. The summed E-state index contributed by atoms with van der Waals surface area (Å²) in [4.78, 5) is 13.0. The van der Waals surface area contributed by atoms with E-state index in [4.69, 9.17) is 4.74 Å². The van der Waals surface area contributed by atoms with E-state index in [0.717, 1.165) is 16.7 Å². The largest absolute Gasteiger partial charge is 0.493 e. The Kier molecular flexibility index (Phi) is 3.80. The van der Waals surface area contributed by atoms with E-state index in [1.807, 2.05) is 42.5 Å². The molecule has 0 radical (unpaired) electrons. The number of para-hydroxylation sites is 1. The predicted molar refractivity (Wildman–Crippen MR) is 106 cm³/mol. The molecule has 0 saturated heterocycles. The molecule has 0 saturated carbocycles. The van der Waals surface area contributed by atoms with Crippen LogP contribution >= 0.6 is 0 Å². The van der Waals surface area contributed by atoms with Gasteiger partial charge in [-0.25, -0.2) is 8.42 Å². The van der Waals surface area contributed by atoms with Crippen molar-refractivity contribution in [3.05, 3.63) is 66.2 Å². The molecule has 142 valence electrons. The number of carbonyl (C=O) groups is 1. The minimum atomic E-state index is -3.75. The topological polar surface area (TPSA) is 75.7 Å². The summed E-state index contributed by atoms with van der Waals surface area (Å²) in [7, 11) is -3.75. The van der Waals surface area contributed by atoms with E-state index in [1.165, 1.54) is 4.31 Å². The number of nitrogens with zero attached hydrogens (tertiary/aromatic N) is 1. The van der Waals surface area contributed by atoms with Crippen LogP contribution in [0, 0.1) is 0 Å². The zero-order valence-corrected chi connectivity index (χ0v) is 15.8. The summed E-state index contributed by atoms with van der Waals surface area (Å²) in [6.07, 6.45) is 0.644. The Morgan fingerprint density at radius 1 is 1.07 bits per heavy atom. The molecule has 2 aliphatic heterocycles. The van der Waals surface area contributed by atoms with Gasteiger partial charge in [0, 0.05) is 17.4 Å². The molecule has 0 fully saturated rings. The van der Waals surface area contributed by atoms with E-state index in [9.17, 15) is 13.2 Å². The number of sulfonamides is 1. The minimum Gasteiger partial charge on any atom is -0.493 e. The van der Waals surface area contributed by atoms with Crippen LogP contribution in [0.4, 0.5) is 5.69 Å². The third-order valence-corrected chi connectivity index (χ3v) is 7.06. The molecule has 3 aromatic carbocycles. The summed E-state index contributed by atoms with van der Waals surface area (Å²) in [5, 5.41) is 4.50. The summed E-state index contributed by atoms with van der Waals surface area (Å²) in [5.41, 5.74) is 1.47. The lowest BCUT2D eigenvalue weighted by Crippen LogP contribution is -2.41. The van der Waals surface area contributed by atoms with Crippen molar-refractivity contribution < 1.29 is 17.9 Å². The molecule has 6 nitrogen and oxygen atoms in total. The van der Waals surface area contributed by atoms with Crippen LogP contribution in [0.25, 0.3) is 10.8 Å². The molecule has 0 spiro atoms. The van der Waals surface area contributed by atoms with E-state index in [-0.39, 0.29) is 23.4 Å². The highest BCUT2D eigenvalue weighted by atomic mass is 32.2. The van der Waals surface area contributed by atoms with Crippen molar-refractivity contribution in [3.63, 3.8) is 0 Å². The molecule has 2 heterocycles. The average molecular weight is 394 g/mol. The van der Waals surface area contributed by atoms with Gasteiger partial charge in [-0.3, -0.25) is 9.10 Å². The standard InChI is InChI=1S/C21H18N2O4S/c24-20(22-16-11-12-27-18-9-2-1-7-15(16)18)13-23-17-8-3-5-14-6-4-10-19(21(14)17)28(23,25)26/h1-10,16H,11-13H2,(H,22,24)/t16-/m0/s1. The molecule has 7 heteroatoms. The first-order valence-corrected chi connectivity index (χ1v) is 10.6. The van der Waals surface area contributed by atoms with Gasteiger partial charge in [-0.2, -0.15) is 0 Å². The van der Waals surface area contributed by atoms with Crippen LogP contribution in [-0.2, 0) is 14.8 Å². The molecule has 2 aliphatic rings. The van der Waals surface area contributed by atoms with Crippen LogP contribution in [0.5, 0.6) is 5.75 Å². The second-order valence-corrected chi connectivity index (χ2v) is 8.77. The number of rotatable bonds is 3. The Morgan fingerprint density at radius 3 is 2.71 bits per heavy atom. The summed E-state index contributed by atoms with van der Waals surface area (Å²) in [6, 6.07) is 18.0. The number of nitrogens with one attached hydrogen (secondary N) is 1. The van der Waals surface area contributed by atoms with Crippen LogP contribution in [-0.4, -0.2) is 27.5 Å². The normalized spacial score (nSPS) is 19.1. The van der Waals surface area contributed by atoms with Crippen molar-refractivity contribution in [3.8, 4) is 5.75 Å². The number of hydrogen-bond donors (Lipinski definition) is 1. The molecule has 0 aliphatic carbocycles. The zero-order valence-electron chi connectivity index (χ0n) is 15.0. The molecule has 1 N–H and O–H groups in total. The lowest BCUT2D eigenvalue weighted by Gasteiger charge is -2.27. The Labute approximate surface area is 162 Å². The van der Waals surface area contributed by atoms with E-state index in [0.29, 0.717) is 24.1 Å². The number of benzene rings is 3. The van der Waals surface area contributed by atoms with Gasteiger partial charge in [-0.15, -0.1) is 0 Å². The third kappa shape index (κ3) is 2.54. The van der Waals surface area contributed by atoms with Crippen molar-refractivity contribution in [2.75, 3.05) is 17.5 Å². The van der Waals surface area contributed by atoms with Gasteiger partial charge in [0.15, 0.2) is 0 Å². The average Bonchev–Trinajstić information content (AvgIpc) is 2.92. The second-order valence-electron chi connectivity index (χ2n) is 6.94. The molecule has 0 aromatic heterocycles. The van der Waals surface area contributed by atoms with E-state index < -0.39 is 10.0 Å². The van der Waals surface area contributed by atoms with Crippen LogP contribution < -0.4 is 14.4 Å². The summed E-state index contributed by atoms with van der Waals surface area (Å²) >= 11 is 0. The van der Waals surface area contributed by atoms with Gasteiger partial charge >= 0.3 is 0 Å². The summed E-state index contributed by atoms with van der Waals surface area (Å²) in [6.45, 7) is 0.254. The van der Waals surface area contributed by atoms with Crippen LogP contribution in [0.2, 0.25) is 0 Å². The highest BCUT2D eigenvalue weighted by Crippen LogP contribution is 2.41. The van der Waals surface area contributed by atoms with Crippen LogP contribution in [0.1, 0.15) is 18.0 Å². The highest BCUT2D eigenvalue weighted by molar-refractivity contribution is 7.93. The lowest BCUT2D eigenvalue weighted by atomic mass is 10.0. The van der Waals surface area contributed by atoms with Crippen molar-refractivity contribution in [1.82, 2.24) is 5.32 Å². The molecule has 0 bridgehead atoms. The maximum Gasteiger partial charge on any atom is 0.265 e. The summed E-state index contributed by atoms with van der Waals surface area (Å²) < 4.78 is 32.9. The quantitative estimate of drug-likeness (QED) is 0.741. The van der Waals surface area contributed by atoms with Gasteiger partial charge in [0.05, 0.1) is 23.2 Å². The maximum absolute atomic E-state index is 13.0. The minimum absolute atomic E-state index is 0.194. The molecule has 1 atom stereocenters. The van der Waals surface area contributed by atoms with E-state index in [2.05, 4.69) is 5.32 Å². The van der Waals surface area contributed by atoms with E-state index in [1.54, 1.807) is 18.2 Å². The van der Waals surface area contributed by atoms with Crippen molar-refractivity contribution in [2.24, 2.45) is 0 Å². The molecule has 3 aromatic rings. The monoisotopic (exact) mass is 394 g/mol. The fourth-order valence-electron chi connectivity index (χ4n) is 3.99. The molecule has 5 rings (SSSR count). The van der Waals surface area contributed by atoms with Gasteiger partial charge in [-0.1, -0.05) is 42.5 Å². The molecule has 0 unspecified atom stereocenters. The Morgan fingerprint density at radius 2 is 1.86 bits per heavy atom. The predicted octanol–water partition coefficient (Wildman–Crippen LogP) is 2.99. The molecular weight excluding hydrogens is 376 g/mol. The van der Waals surface area contributed by atoms with E-state index >= 15 is 0 Å². The Bertz CT molecular complexity index is 1200. The smallest absolute Gasteiger partial charge is 0.265 e. The number of carbonyl (C=O) groups excluding carboxylic acids is 1. The van der Waals surface area contributed by atoms with Crippen molar-refractivity contribution in [1.29, 1.82) is 0 Å². The number of fused-ring (bicyclic) bond motifs is 1. The number of hydrogen-bond acceptors (Lipinski definition) is 4. The molecular formula is C21H18N2O4S. The SMILES string of the molecule is O=C(CN1c2cccc3cccc(c23)S1(=O)=O)N[C@H]1CCOc2ccccc21. The van der Waals surface area contributed by atoms with Gasteiger partial charge in [0.25, 0.3) is 10.0 Å². The highest BCUT2D eigenvalue weighted by Gasteiger charge is 2.37. The van der Waals surface area contributed by atoms with Crippen LogP contribution in [0.15, 0.2) is 65.6 Å². The molecule has 1 amide bonds. The van der Waals surface area contributed by atoms with Gasteiger partial charge in [-0.05, 0) is 23.6 Å². The fraction of sp³-hybridized carbons (Fsp3) is 0.190. The van der Waals surface area contributed by atoms with Gasteiger partial charge in [0.1, 0.15) is 12.3 Å². The van der Waals surface area contributed by atoms with Gasteiger partial charge < -0.3 is 10.1 Å². The first-order valence-electron chi connectivity index (χ1n) is 9.11. The fourth-order valence-corrected chi connectivity index (χ4v) is 5.66. The molecule has 28 heavy (non-hydrogen) atoms. The first kappa shape index (κ1) is 17.1. The van der Waals surface area contributed by atoms with Crippen molar-refractivity contribution >= 4 is 32.4 Å². The number of anilines is 1.